The second kappa shape index (κ2) is 12.7. The Balaban J connectivity index is 0.00000312. The van der Waals surface area contributed by atoms with E-state index in [1.165, 1.54) is 5.56 Å². The van der Waals surface area contributed by atoms with Crippen molar-refractivity contribution in [3.63, 3.8) is 0 Å². The molecule has 1 atom stereocenters. The van der Waals surface area contributed by atoms with Crippen LogP contribution in [0, 0.1) is 0 Å². The van der Waals surface area contributed by atoms with E-state index < -0.39 is 0 Å². The van der Waals surface area contributed by atoms with Crippen LogP contribution < -0.4 is 11.1 Å². The predicted octanol–water partition coefficient (Wildman–Crippen LogP) is 3.31. The second-order valence-electron chi connectivity index (χ2n) is 5.54. The third kappa shape index (κ3) is 8.83. The minimum atomic E-state index is 0. The van der Waals surface area contributed by atoms with Crippen LogP contribution >= 0.6 is 24.0 Å². The fourth-order valence-electron chi connectivity index (χ4n) is 2.26. The SMILES string of the molecule is CC(OCCCN=C(N)NCCc1ccccn1)c1ccccc1.I. The van der Waals surface area contributed by atoms with Crippen molar-refractivity contribution in [3.05, 3.63) is 66.0 Å². The molecule has 1 aromatic heterocycles. The Morgan fingerprint density at radius 2 is 1.96 bits per heavy atom. The summed E-state index contributed by atoms with van der Waals surface area (Å²) in [5, 5.41) is 3.10. The molecule has 0 radical (unpaired) electrons. The first-order valence-corrected chi connectivity index (χ1v) is 8.36. The topological polar surface area (TPSA) is 72.5 Å². The number of nitrogens with zero attached hydrogens (tertiary/aromatic N) is 2. The average molecular weight is 454 g/mol. The Hall–Kier alpha value is -1.67. The summed E-state index contributed by atoms with van der Waals surface area (Å²) in [5.74, 6) is 0.474. The van der Waals surface area contributed by atoms with E-state index in [9.17, 15) is 0 Å². The molecule has 0 spiro atoms. The van der Waals surface area contributed by atoms with Crippen LogP contribution in [0.3, 0.4) is 0 Å². The number of guanidine groups is 1. The molecular formula is C19H27IN4O. The first kappa shape index (κ1) is 21.4. The standard InChI is InChI=1S/C19H26N4O.HI/c1-16(17-8-3-2-4-9-17)24-15-7-13-22-19(20)23-14-11-18-10-5-6-12-21-18;/h2-6,8-10,12,16H,7,11,13-15H2,1H3,(H3,20,22,23);1H. The quantitative estimate of drug-likeness (QED) is 0.264. The van der Waals surface area contributed by atoms with Gasteiger partial charge in [-0.05, 0) is 31.0 Å². The third-order valence-corrected chi connectivity index (χ3v) is 3.63. The molecule has 2 aromatic rings. The molecule has 0 fully saturated rings. The molecule has 0 bridgehead atoms. The number of hydrogen-bond donors (Lipinski definition) is 2. The molecule has 3 N–H and O–H groups in total. The predicted molar refractivity (Wildman–Crippen MR) is 113 cm³/mol. The lowest BCUT2D eigenvalue weighted by Crippen LogP contribution is -2.33. The number of rotatable bonds is 9. The number of ether oxygens (including phenoxy) is 1. The normalized spacial score (nSPS) is 12.3. The largest absolute Gasteiger partial charge is 0.374 e. The summed E-state index contributed by atoms with van der Waals surface area (Å²) in [6.07, 6.45) is 3.57. The number of benzene rings is 1. The van der Waals surface area contributed by atoms with Crippen LogP contribution in [-0.2, 0) is 11.2 Å². The van der Waals surface area contributed by atoms with Crippen molar-refractivity contribution in [3.8, 4) is 0 Å². The van der Waals surface area contributed by atoms with Gasteiger partial charge in [-0.15, -0.1) is 24.0 Å². The van der Waals surface area contributed by atoms with E-state index in [1.807, 2.05) is 36.4 Å². The zero-order chi connectivity index (χ0) is 17.0. The van der Waals surface area contributed by atoms with Gasteiger partial charge in [0.05, 0.1) is 6.10 Å². The van der Waals surface area contributed by atoms with Gasteiger partial charge in [0.25, 0.3) is 0 Å². The molecule has 1 aromatic carbocycles. The second-order valence-corrected chi connectivity index (χ2v) is 5.54. The molecule has 1 unspecified atom stereocenters. The average Bonchev–Trinajstić information content (AvgIpc) is 2.63. The maximum Gasteiger partial charge on any atom is 0.188 e. The summed E-state index contributed by atoms with van der Waals surface area (Å²) >= 11 is 0. The number of aliphatic imine (C=N–C) groups is 1. The summed E-state index contributed by atoms with van der Waals surface area (Å²) in [6, 6.07) is 16.1. The summed E-state index contributed by atoms with van der Waals surface area (Å²) in [7, 11) is 0. The lowest BCUT2D eigenvalue weighted by molar-refractivity contribution is 0.0652. The van der Waals surface area contributed by atoms with Gasteiger partial charge in [-0.1, -0.05) is 36.4 Å². The van der Waals surface area contributed by atoms with Crippen molar-refractivity contribution in [1.82, 2.24) is 10.3 Å². The minimum Gasteiger partial charge on any atom is -0.374 e. The molecule has 6 heteroatoms. The van der Waals surface area contributed by atoms with E-state index in [0.29, 0.717) is 19.1 Å². The van der Waals surface area contributed by atoms with Crippen molar-refractivity contribution in [2.45, 2.75) is 25.9 Å². The third-order valence-electron chi connectivity index (χ3n) is 3.63. The Morgan fingerprint density at radius 1 is 1.20 bits per heavy atom. The molecule has 0 amide bonds. The Bertz CT molecular complexity index is 607. The van der Waals surface area contributed by atoms with Gasteiger partial charge in [-0.2, -0.15) is 0 Å². The maximum absolute atomic E-state index is 5.85. The van der Waals surface area contributed by atoms with Gasteiger partial charge in [0, 0.05) is 38.0 Å². The van der Waals surface area contributed by atoms with Crippen LogP contribution in [0.15, 0.2) is 59.7 Å². The van der Waals surface area contributed by atoms with Crippen molar-refractivity contribution in [2.24, 2.45) is 10.7 Å². The van der Waals surface area contributed by atoms with Crippen molar-refractivity contribution >= 4 is 29.9 Å². The molecule has 136 valence electrons. The molecule has 5 nitrogen and oxygen atoms in total. The van der Waals surface area contributed by atoms with Gasteiger partial charge in [-0.3, -0.25) is 9.98 Å². The minimum absolute atomic E-state index is 0. The van der Waals surface area contributed by atoms with E-state index in [2.05, 4.69) is 34.3 Å². The van der Waals surface area contributed by atoms with E-state index in [0.717, 1.165) is 25.1 Å². The van der Waals surface area contributed by atoms with Gasteiger partial charge in [-0.25, -0.2) is 0 Å². The van der Waals surface area contributed by atoms with Gasteiger partial charge < -0.3 is 15.8 Å². The number of nitrogens with one attached hydrogen (secondary N) is 1. The maximum atomic E-state index is 5.85. The van der Waals surface area contributed by atoms with Gasteiger partial charge in [0.1, 0.15) is 0 Å². The smallest absolute Gasteiger partial charge is 0.188 e. The number of halogens is 1. The van der Waals surface area contributed by atoms with Gasteiger partial charge in [0.15, 0.2) is 5.96 Å². The highest BCUT2D eigenvalue weighted by Crippen LogP contribution is 2.15. The van der Waals surface area contributed by atoms with Crippen LogP contribution in [0.2, 0.25) is 0 Å². The zero-order valence-electron chi connectivity index (χ0n) is 14.6. The lowest BCUT2D eigenvalue weighted by atomic mass is 10.1. The molecule has 2 rings (SSSR count). The molecular weight excluding hydrogens is 427 g/mol. The molecule has 1 heterocycles. The van der Waals surface area contributed by atoms with Gasteiger partial charge >= 0.3 is 0 Å². The van der Waals surface area contributed by atoms with Crippen molar-refractivity contribution in [1.29, 1.82) is 0 Å². The van der Waals surface area contributed by atoms with Gasteiger partial charge in [0.2, 0.25) is 0 Å². The molecule has 0 saturated carbocycles. The summed E-state index contributed by atoms with van der Waals surface area (Å²) in [5.41, 5.74) is 8.08. The first-order chi connectivity index (χ1) is 11.8. The number of hydrogen-bond acceptors (Lipinski definition) is 3. The molecule has 0 aliphatic heterocycles. The van der Waals surface area contributed by atoms with Crippen LogP contribution in [0.1, 0.15) is 30.7 Å². The van der Waals surface area contributed by atoms with E-state index in [-0.39, 0.29) is 30.1 Å². The highest BCUT2D eigenvalue weighted by molar-refractivity contribution is 14.0. The Morgan fingerprint density at radius 3 is 2.68 bits per heavy atom. The summed E-state index contributed by atoms with van der Waals surface area (Å²) < 4.78 is 5.81. The fourth-order valence-corrected chi connectivity index (χ4v) is 2.26. The lowest BCUT2D eigenvalue weighted by Gasteiger charge is -2.12. The van der Waals surface area contributed by atoms with Crippen LogP contribution in [-0.4, -0.2) is 30.6 Å². The van der Waals surface area contributed by atoms with Crippen LogP contribution in [0.25, 0.3) is 0 Å². The Kier molecular flexibility index (Phi) is 10.8. The summed E-state index contributed by atoms with van der Waals surface area (Å²) in [4.78, 5) is 8.57. The number of aromatic nitrogens is 1. The first-order valence-electron chi connectivity index (χ1n) is 8.36. The van der Waals surface area contributed by atoms with E-state index >= 15 is 0 Å². The van der Waals surface area contributed by atoms with Crippen molar-refractivity contribution < 1.29 is 4.74 Å². The van der Waals surface area contributed by atoms with E-state index in [1.54, 1.807) is 6.20 Å². The molecule has 0 aliphatic rings. The Labute approximate surface area is 167 Å². The molecule has 0 aliphatic carbocycles. The monoisotopic (exact) mass is 454 g/mol. The number of nitrogens with two attached hydrogens (primary N) is 1. The van der Waals surface area contributed by atoms with Crippen LogP contribution in [0.5, 0.6) is 0 Å². The fraction of sp³-hybridized carbons (Fsp3) is 0.368. The highest BCUT2D eigenvalue weighted by atomic mass is 127. The highest BCUT2D eigenvalue weighted by Gasteiger charge is 2.03. The van der Waals surface area contributed by atoms with Crippen molar-refractivity contribution in [2.75, 3.05) is 19.7 Å². The summed E-state index contributed by atoms with van der Waals surface area (Å²) in [6.45, 7) is 4.12. The van der Waals surface area contributed by atoms with E-state index in [4.69, 9.17) is 10.5 Å². The zero-order valence-corrected chi connectivity index (χ0v) is 16.9. The molecule has 0 saturated heterocycles. The number of pyridine rings is 1. The van der Waals surface area contributed by atoms with Crippen LogP contribution in [0.4, 0.5) is 0 Å². The molecule has 25 heavy (non-hydrogen) atoms.